The van der Waals surface area contributed by atoms with E-state index < -0.39 is 17.8 Å². The van der Waals surface area contributed by atoms with Crippen molar-refractivity contribution in [1.82, 2.24) is 4.90 Å². The van der Waals surface area contributed by atoms with Crippen LogP contribution in [0.1, 0.15) is 30.5 Å². The molecule has 3 nitrogen and oxygen atoms in total. The minimum atomic E-state index is -4.38. The number of nitrogens with two attached hydrogens (primary N) is 1. The molecule has 1 heterocycles. The minimum Gasteiger partial charge on any atom is -0.341 e. The van der Waals surface area contributed by atoms with Gasteiger partial charge in [-0.05, 0) is 23.6 Å². The van der Waals surface area contributed by atoms with E-state index in [2.05, 4.69) is 0 Å². The van der Waals surface area contributed by atoms with E-state index in [1.807, 2.05) is 6.92 Å². The summed E-state index contributed by atoms with van der Waals surface area (Å²) >= 11 is 0. The first-order valence-corrected chi connectivity index (χ1v) is 6.48. The highest BCUT2D eigenvalue weighted by Crippen LogP contribution is 2.30. The van der Waals surface area contributed by atoms with E-state index in [1.165, 1.54) is 6.07 Å². The molecular formula is C14H17F3N2O. The van der Waals surface area contributed by atoms with Crippen LogP contribution in [0.4, 0.5) is 13.2 Å². The third-order valence-electron chi connectivity index (χ3n) is 3.47. The van der Waals surface area contributed by atoms with E-state index >= 15 is 0 Å². The lowest BCUT2D eigenvalue weighted by Gasteiger charge is -2.22. The molecule has 6 heteroatoms. The Hall–Kier alpha value is -1.56. The molecule has 1 aromatic rings. The number of hydrogen-bond acceptors (Lipinski definition) is 2. The normalized spacial score (nSPS) is 21.4. The molecule has 2 unspecified atom stereocenters. The molecule has 20 heavy (non-hydrogen) atoms. The maximum atomic E-state index is 12.6. The molecule has 0 aromatic heterocycles. The summed E-state index contributed by atoms with van der Waals surface area (Å²) in [7, 11) is 0. The fourth-order valence-corrected chi connectivity index (χ4v) is 2.43. The smallest absolute Gasteiger partial charge is 0.341 e. The first-order chi connectivity index (χ1) is 9.27. The van der Waals surface area contributed by atoms with Gasteiger partial charge in [0.05, 0.1) is 5.56 Å². The summed E-state index contributed by atoms with van der Waals surface area (Å²) in [5, 5.41) is 0. The molecule has 110 valence electrons. The van der Waals surface area contributed by atoms with Crippen molar-refractivity contribution < 1.29 is 18.0 Å². The molecule has 1 fully saturated rings. The van der Waals surface area contributed by atoms with Crippen LogP contribution in [0.2, 0.25) is 0 Å². The molecular weight excluding hydrogens is 269 g/mol. The highest BCUT2D eigenvalue weighted by Gasteiger charge is 2.31. The Morgan fingerprint density at radius 2 is 2.15 bits per heavy atom. The molecule has 0 radical (unpaired) electrons. The van der Waals surface area contributed by atoms with Gasteiger partial charge < -0.3 is 10.6 Å². The third kappa shape index (κ3) is 3.30. The van der Waals surface area contributed by atoms with Gasteiger partial charge in [-0.25, -0.2) is 0 Å². The number of carbonyl (C=O) groups is 1. The zero-order chi connectivity index (χ0) is 14.9. The Kier molecular flexibility index (Phi) is 4.04. The quantitative estimate of drug-likeness (QED) is 0.928. The lowest BCUT2D eigenvalue weighted by atomic mass is 10.0. The molecule has 0 bridgehead atoms. The molecule has 1 saturated heterocycles. The molecule has 1 aliphatic rings. The first kappa shape index (κ1) is 14.8. The Morgan fingerprint density at radius 3 is 2.70 bits per heavy atom. The monoisotopic (exact) mass is 286 g/mol. The van der Waals surface area contributed by atoms with E-state index in [1.54, 1.807) is 11.0 Å². The molecule has 1 aliphatic heterocycles. The Bertz CT molecular complexity index is 501. The number of likely N-dealkylation sites (tertiary alicyclic amines) is 1. The van der Waals surface area contributed by atoms with Crippen molar-refractivity contribution in [3.8, 4) is 0 Å². The predicted molar refractivity (Wildman–Crippen MR) is 68.7 cm³/mol. The highest BCUT2D eigenvalue weighted by atomic mass is 19.4. The minimum absolute atomic E-state index is 0.0138. The fourth-order valence-electron chi connectivity index (χ4n) is 2.43. The molecule has 0 aliphatic carbocycles. The number of carbonyl (C=O) groups excluding carboxylic acids is 1. The van der Waals surface area contributed by atoms with Crippen molar-refractivity contribution in [3.05, 3.63) is 35.4 Å². The second-order valence-electron chi connectivity index (χ2n) is 5.34. The summed E-state index contributed by atoms with van der Waals surface area (Å²) in [5.41, 5.74) is 5.61. The number of nitrogens with zero attached hydrogens (tertiary/aromatic N) is 1. The maximum absolute atomic E-state index is 12.6. The fraction of sp³-hybridized carbons (Fsp3) is 0.500. The number of hydrogen-bond donors (Lipinski definition) is 1. The van der Waals surface area contributed by atoms with Crippen LogP contribution in [0.3, 0.4) is 0 Å². The maximum Gasteiger partial charge on any atom is 0.416 e. The van der Waals surface area contributed by atoms with Crippen molar-refractivity contribution in [3.63, 3.8) is 0 Å². The topological polar surface area (TPSA) is 46.3 Å². The molecule has 1 amide bonds. The van der Waals surface area contributed by atoms with Crippen molar-refractivity contribution in [2.75, 3.05) is 13.1 Å². The van der Waals surface area contributed by atoms with E-state index in [9.17, 15) is 18.0 Å². The molecule has 0 spiro atoms. The van der Waals surface area contributed by atoms with Gasteiger partial charge >= 0.3 is 6.18 Å². The SMILES string of the molecule is CC1CC(=O)N(CC(N)c2cccc(C(F)(F)F)c2)C1. The van der Waals surface area contributed by atoms with Crippen LogP contribution in [-0.4, -0.2) is 23.9 Å². The Labute approximate surface area is 115 Å². The predicted octanol–water partition coefficient (Wildman–Crippen LogP) is 2.57. The van der Waals surface area contributed by atoms with Gasteiger partial charge in [-0.1, -0.05) is 19.1 Å². The van der Waals surface area contributed by atoms with Crippen LogP contribution in [0, 0.1) is 5.92 Å². The molecule has 2 rings (SSSR count). The lowest BCUT2D eigenvalue weighted by Crippen LogP contribution is -2.33. The number of halogens is 3. The molecule has 2 atom stereocenters. The summed E-state index contributed by atoms with van der Waals surface area (Å²) < 4.78 is 37.9. The van der Waals surface area contributed by atoms with Gasteiger partial charge in [0.2, 0.25) is 5.91 Å². The van der Waals surface area contributed by atoms with Crippen LogP contribution >= 0.6 is 0 Å². The van der Waals surface area contributed by atoms with Crippen molar-refractivity contribution in [2.24, 2.45) is 11.7 Å². The third-order valence-corrected chi connectivity index (χ3v) is 3.47. The van der Waals surface area contributed by atoms with Crippen LogP contribution in [0.15, 0.2) is 24.3 Å². The van der Waals surface area contributed by atoms with Gasteiger partial charge in [0.15, 0.2) is 0 Å². The molecule has 0 saturated carbocycles. The van der Waals surface area contributed by atoms with Gasteiger partial charge in [0.25, 0.3) is 0 Å². The first-order valence-electron chi connectivity index (χ1n) is 6.48. The average molecular weight is 286 g/mol. The van der Waals surface area contributed by atoms with Crippen LogP contribution in [0.5, 0.6) is 0 Å². The summed E-state index contributed by atoms with van der Waals surface area (Å²) in [6.07, 6.45) is -3.90. The zero-order valence-electron chi connectivity index (χ0n) is 11.2. The van der Waals surface area contributed by atoms with E-state index in [4.69, 9.17) is 5.73 Å². The number of rotatable bonds is 3. The largest absolute Gasteiger partial charge is 0.416 e. The van der Waals surface area contributed by atoms with Gasteiger partial charge in [-0.15, -0.1) is 0 Å². The average Bonchev–Trinajstić information content (AvgIpc) is 2.67. The summed E-state index contributed by atoms with van der Waals surface area (Å²) in [4.78, 5) is 13.3. The van der Waals surface area contributed by atoms with Gasteiger partial charge in [0.1, 0.15) is 0 Å². The zero-order valence-corrected chi connectivity index (χ0v) is 11.2. The number of benzene rings is 1. The second-order valence-corrected chi connectivity index (χ2v) is 5.34. The van der Waals surface area contributed by atoms with Crippen molar-refractivity contribution in [2.45, 2.75) is 25.6 Å². The summed E-state index contributed by atoms with van der Waals surface area (Å²) in [5.74, 6) is 0.288. The summed E-state index contributed by atoms with van der Waals surface area (Å²) in [6.45, 7) is 2.84. The second kappa shape index (κ2) is 5.44. The van der Waals surface area contributed by atoms with Gasteiger partial charge in [-0.2, -0.15) is 13.2 Å². The van der Waals surface area contributed by atoms with Crippen LogP contribution < -0.4 is 5.73 Å². The van der Waals surface area contributed by atoms with E-state index in [0.29, 0.717) is 18.5 Å². The van der Waals surface area contributed by atoms with Crippen molar-refractivity contribution in [1.29, 1.82) is 0 Å². The van der Waals surface area contributed by atoms with E-state index in [0.717, 1.165) is 12.1 Å². The number of amides is 1. The Morgan fingerprint density at radius 1 is 1.45 bits per heavy atom. The molecule has 2 N–H and O–H groups in total. The molecule has 1 aromatic carbocycles. The van der Waals surface area contributed by atoms with Gasteiger partial charge in [-0.3, -0.25) is 4.79 Å². The Balaban J connectivity index is 2.10. The summed E-state index contributed by atoms with van der Waals surface area (Å²) in [6, 6.07) is 4.36. The van der Waals surface area contributed by atoms with Crippen LogP contribution in [-0.2, 0) is 11.0 Å². The lowest BCUT2D eigenvalue weighted by molar-refractivity contribution is -0.137. The number of alkyl halides is 3. The van der Waals surface area contributed by atoms with Crippen molar-refractivity contribution >= 4 is 5.91 Å². The van der Waals surface area contributed by atoms with Crippen LogP contribution in [0.25, 0.3) is 0 Å². The highest BCUT2D eigenvalue weighted by molar-refractivity contribution is 5.78. The van der Waals surface area contributed by atoms with E-state index in [-0.39, 0.29) is 18.4 Å². The standard InChI is InChI=1S/C14H17F3N2O/c1-9-5-13(20)19(7-9)8-12(18)10-3-2-4-11(6-10)14(15,16)17/h2-4,6,9,12H,5,7-8,18H2,1H3. The van der Waals surface area contributed by atoms with Gasteiger partial charge in [0, 0.05) is 25.6 Å².